The van der Waals surface area contributed by atoms with E-state index >= 15 is 0 Å². The summed E-state index contributed by atoms with van der Waals surface area (Å²) in [6.07, 6.45) is -4.43. The summed E-state index contributed by atoms with van der Waals surface area (Å²) in [5.74, 6) is -3.43. The molecule has 0 saturated carbocycles. The first-order chi connectivity index (χ1) is 10.8. The fourth-order valence-electron chi connectivity index (χ4n) is 2.18. The number of hydrogen-bond donors (Lipinski definition) is 1. The van der Waals surface area contributed by atoms with E-state index in [1.807, 2.05) is 0 Å². The lowest BCUT2D eigenvalue weighted by atomic mass is 10.0. The van der Waals surface area contributed by atoms with Gasteiger partial charge in [0.15, 0.2) is 5.78 Å². The molecule has 1 heterocycles. The fraction of sp³-hybridized carbons (Fsp3) is 0.0667. The van der Waals surface area contributed by atoms with Crippen LogP contribution in [-0.2, 0) is 15.6 Å². The SMILES string of the molecule is O=C1c2ccccc2S(=O)c2ccc(OC(F)(F)C(=O)O)cc21. The van der Waals surface area contributed by atoms with E-state index in [9.17, 15) is 22.6 Å². The molecule has 0 fully saturated rings. The number of rotatable bonds is 3. The van der Waals surface area contributed by atoms with Crippen LogP contribution in [0.25, 0.3) is 0 Å². The third-order valence-corrected chi connectivity index (χ3v) is 4.73. The molecule has 0 bridgehead atoms. The summed E-state index contributed by atoms with van der Waals surface area (Å²) < 4.78 is 42.8. The third kappa shape index (κ3) is 2.50. The number of ketones is 1. The van der Waals surface area contributed by atoms with E-state index in [1.54, 1.807) is 18.2 Å². The van der Waals surface area contributed by atoms with Crippen molar-refractivity contribution in [3.05, 3.63) is 53.6 Å². The molecule has 23 heavy (non-hydrogen) atoms. The molecule has 0 saturated heterocycles. The van der Waals surface area contributed by atoms with Crippen LogP contribution in [0.2, 0.25) is 0 Å². The van der Waals surface area contributed by atoms with Crippen LogP contribution in [0, 0.1) is 0 Å². The van der Waals surface area contributed by atoms with Crippen molar-refractivity contribution in [2.75, 3.05) is 0 Å². The van der Waals surface area contributed by atoms with Crippen molar-refractivity contribution in [3.8, 4) is 5.75 Å². The van der Waals surface area contributed by atoms with Gasteiger partial charge in [-0.05, 0) is 30.3 Å². The molecule has 1 aliphatic heterocycles. The predicted octanol–water partition coefficient (Wildman–Crippen LogP) is 2.45. The van der Waals surface area contributed by atoms with Gasteiger partial charge < -0.3 is 9.84 Å². The predicted molar refractivity (Wildman–Crippen MR) is 74.2 cm³/mol. The number of carboxylic acid groups (broad SMARTS) is 1. The minimum atomic E-state index is -4.43. The lowest BCUT2D eigenvalue weighted by Crippen LogP contribution is -2.34. The zero-order valence-electron chi connectivity index (χ0n) is 11.3. The van der Waals surface area contributed by atoms with Gasteiger partial charge in [0.25, 0.3) is 0 Å². The monoisotopic (exact) mass is 338 g/mol. The Morgan fingerprint density at radius 1 is 1.09 bits per heavy atom. The molecule has 8 heteroatoms. The second-order valence-electron chi connectivity index (χ2n) is 4.68. The Balaban J connectivity index is 2.06. The van der Waals surface area contributed by atoms with Gasteiger partial charge in [-0.2, -0.15) is 8.78 Å². The van der Waals surface area contributed by atoms with Gasteiger partial charge in [-0.1, -0.05) is 12.1 Å². The first-order valence-electron chi connectivity index (χ1n) is 6.31. The number of fused-ring (bicyclic) bond motifs is 2. The zero-order chi connectivity index (χ0) is 16.8. The summed E-state index contributed by atoms with van der Waals surface area (Å²) >= 11 is 0. The average molecular weight is 338 g/mol. The zero-order valence-corrected chi connectivity index (χ0v) is 12.1. The molecule has 0 amide bonds. The second kappa shape index (κ2) is 5.24. The minimum absolute atomic E-state index is 0.0549. The highest BCUT2D eigenvalue weighted by Crippen LogP contribution is 2.34. The Hall–Kier alpha value is -2.61. The van der Waals surface area contributed by atoms with E-state index in [0.29, 0.717) is 4.90 Å². The van der Waals surface area contributed by atoms with Crippen LogP contribution in [-0.4, -0.2) is 27.2 Å². The van der Waals surface area contributed by atoms with Crippen molar-refractivity contribution in [1.82, 2.24) is 0 Å². The molecule has 1 unspecified atom stereocenters. The molecule has 3 rings (SSSR count). The Morgan fingerprint density at radius 3 is 2.43 bits per heavy atom. The van der Waals surface area contributed by atoms with Crippen molar-refractivity contribution >= 4 is 22.6 Å². The Morgan fingerprint density at radius 2 is 1.74 bits per heavy atom. The van der Waals surface area contributed by atoms with Crippen LogP contribution < -0.4 is 4.74 Å². The van der Waals surface area contributed by atoms with E-state index < -0.39 is 34.4 Å². The number of benzene rings is 2. The van der Waals surface area contributed by atoms with Crippen molar-refractivity contribution in [1.29, 1.82) is 0 Å². The van der Waals surface area contributed by atoms with E-state index in [1.165, 1.54) is 12.1 Å². The number of ether oxygens (including phenoxy) is 1. The molecule has 0 aromatic heterocycles. The van der Waals surface area contributed by atoms with E-state index in [4.69, 9.17) is 5.11 Å². The first kappa shape index (κ1) is 15.3. The summed E-state index contributed by atoms with van der Waals surface area (Å²) in [5.41, 5.74) is 0.154. The van der Waals surface area contributed by atoms with Gasteiger partial charge in [0, 0.05) is 11.1 Å². The maximum absolute atomic E-state index is 13.1. The number of halogens is 2. The molecule has 118 valence electrons. The fourth-order valence-corrected chi connectivity index (χ4v) is 3.53. The van der Waals surface area contributed by atoms with Crippen LogP contribution in [0.5, 0.6) is 5.75 Å². The van der Waals surface area contributed by atoms with Crippen molar-refractivity contribution < 1.29 is 32.4 Å². The molecule has 5 nitrogen and oxygen atoms in total. The molecule has 2 aromatic carbocycles. The summed E-state index contributed by atoms with van der Waals surface area (Å²) in [5, 5.41) is 8.37. The number of carboxylic acids is 1. The largest absolute Gasteiger partial charge is 0.501 e. The van der Waals surface area contributed by atoms with E-state index in [2.05, 4.69) is 4.74 Å². The standard InChI is InChI=1S/C15H8F2O5S/c16-15(17,14(19)20)22-8-5-6-12-10(7-8)13(18)9-3-1-2-4-11(9)23(12)21/h1-7H,(H,19,20). The Kier molecular flexibility index (Phi) is 3.48. The van der Waals surface area contributed by atoms with Crippen molar-refractivity contribution in [2.45, 2.75) is 15.9 Å². The molecular weight excluding hydrogens is 330 g/mol. The van der Waals surface area contributed by atoms with Gasteiger partial charge in [0.1, 0.15) is 5.75 Å². The number of alkyl halides is 2. The number of aliphatic carboxylic acids is 1. The molecular formula is C15H8F2O5S. The number of carbonyl (C=O) groups excluding carboxylic acids is 1. The Bertz CT molecular complexity index is 863. The third-order valence-electron chi connectivity index (χ3n) is 3.22. The smallest absolute Gasteiger partial charge is 0.474 e. The number of hydrogen-bond acceptors (Lipinski definition) is 4. The molecule has 0 aliphatic carbocycles. The maximum atomic E-state index is 13.1. The summed E-state index contributed by atoms with van der Waals surface area (Å²) in [6, 6.07) is 9.51. The van der Waals surface area contributed by atoms with Crippen molar-refractivity contribution in [3.63, 3.8) is 0 Å². The van der Waals surface area contributed by atoms with E-state index in [-0.39, 0.29) is 16.0 Å². The highest BCUT2D eigenvalue weighted by Gasteiger charge is 2.42. The van der Waals surface area contributed by atoms with Gasteiger partial charge >= 0.3 is 12.1 Å². The van der Waals surface area contributed by atoms with Gasteiger partial charge in [-0.15, -0.1) is 0 Å². The summed E-state index contributed by atoms with van der Waals surface area (Å²) in [7, 11) is -1.63. The van der Waals surface area contributed by atoms with Crippen LogP contribution in [0.1, 0.15) is 15.9 Å². The normalized spacial score (nSPS) is 16.4. The van der Waals surface area contributed by atoms with Crippen LogP contribution >= 0.6 is 0 Å². The van der Waals surface area contributed by atoms with Gasteiger partial charge in [0.2, 0.25) is 0 Å². The van der Waals surface area contributed by atoms with Gasteiger partial charge in [-0.3, -0.25) is 4.79 Å². The minimum Gasteiger partial charge on any atom is -0.474 e. The van der Waals surface area contributed by atoms with E-state index in [0.717, 1.165) is 12.1 Å². The van der Waals surface area contributed by atoms with Crippen LogP contribution in [0.4, 0.5) is 8.78 Å². The lowest BCUT2D eigenvalue weighted by molar-refractivity contribution is -0.210. The topological polar surface area (TPSA) is 80.7 Å². The van der Waals surface area contributed by atoms with Crippen molar-refractivity contribution in [2.24, 2.45) is 0 Å². The van der Waals surface area contributed by atoms with Gasteiger partial charge in [0.05, 0.1) is 20.6 Å². The highest BCUT2D eigenvalue weighted by molar-refractivity contribution is 7.85. The van der Waals surface area contributed by atoms with Gasteiger partial charge in [-0.25, -0.2) is 9.00 Å². The molecule has 1 aliphatic rings. The quantitative estimate of drug-likeness (QED) is 0.793. The van der Waals surface area contributed by atoms with Crippen LogP contribution in [0.15, 0.2) is 52.3 Å². The number of carbonyl (C=O) groups is 2. The second-order valence-corrected chi connectivity index (χ2v) is 6.09. The molecule has 1 N–H and O–H groups in total. The lowest BCUT2D eigenvalue weighted by Gasteiger charge is -2.19. The highest BCUT2D eigenvalue weighted by atomic mass is 32.2. The maximum Gasteiger partial charge on any atom is 0.501 e. The Labute approximate surface area is 131 Å². The molecule has 0 spiro atoms. The summed E-state index contributed by atoms with van der Waals surface area (Å²) in [4.78, 5) is 23.3. The van der Waals surface area contributed by atoms with Crippen LogP contribution in [0.3, 0.4) is 0 Å². The first-order valence-corrected chi connectivity index (χ1v) is 7.46. The summed E-state index contributed by atoms with van der Waals surface area (Å²) in [6.45, 7) is 0. The molecule has 2 aromatic rings. The average Bonchev–Trinajstić information content (AvgIpc) is 2.52. The molecule has 1 atom stereocenters. The molecule has 0 radical (unpaired) electrons.